The summed E-state index contributed by atoms with van der Waals surface area (Å²) in [5.74, 6) is 1.94. The van der Waals surface area contributed by atoms with Gasteiger partial charge in [0.2, 0.25) is 11.1 Å². The maximum Gasteiger partial charge on any atom is 0.430 e. The first-order chi connectivity index (χ1) is 20.0. The molecule has 42 heavy (non-hydrogen) atoms. The van der Waals surface area contributed by atoms with Crippen LogP contribution in [0.25, 0.3) is 4.98 Å². The molecule has 1 saturated heterocycles. The van der Waals surface area contributed by atoms with Crippen molar-refractivity contribution in [1.29, 1.82) is 5.39 Å². The first-order valence-electron chi connectivity index (χ1n) is 15.6. The number of ether oxygens (including phenoxy) is 3. The van der Waals surface area contributed by atoms with E-state index in [2.05, 4.69) is 69.6 Å². The molecule has 230 valence electrons. The second kappa shape index (κ2) is 14.1. The molecule has 0 aromatic heterocycles. The predicted octanol–water partition coefficient (Wildman–Crippen LogP) is 7.85. The molecular formula is C34H51N4O4+. The zero-order valence-electron chi connectivity index (χ0n) is 27.2. The predicted molar refractivity (Wildman–Crippen MR) is 170 cm³/mol. The number of benzene rings is 2. The van der Waals surface area contributed by atoms with Crippen molar-refractivity contribution in [2.24, 2.45) is 0 Å². The van der Waals surface area contributed by atoms with Crippen LogP contribution in [-0.2, 0) is 15.6 Å². The van der Waals surface area contributed by atoms with E-state index in [-0.39, 0.29) is 16.7 Å². The van der Waals surface area contributed by atoms with Gasteiger partial charge in [0.15, 0.2) is 16.8 Å². The smallest absolute Gasteiger partial charge is 0.430 e. The van der Waals surface area contributed by atoms with Crippen molar-refractivity contribution < 1.29 is 19.0 Å². The van der Waals surface area contributed by atoms with Gasteiger partial charge >= 0.3 is 5.69 Å². The van der Waals surface area contributed by atoms with Gasteiger partial charge in [0.25, 0.3) is 5.91 Å². The molecule has 0 radical (unpaired) electrons. The Labute approximate surface area is 252 Å². The number of anilines is 1. The van der Waals surface area contributed by atoms with Gasteiger partial charge in [0.1, 0.15) is 5.75 Å². The Morgan fingerprint density at radius 2 is 1.48 bits per heavy atom. The zero-order valence-corrected chi connectivity index (χ0v) is 27.2. The van der Waals surface area contributed by atoms with Gasteiger partial charge in [-0.2, -0.15) is 0 Å². The zero-order chi connectivity index (χ0) is 31.1. The van der Waals surface area contributed by atoms with E-state index in [1.165, 1.54) is 5.56 Å². The third kappa shape index (κ3) is 7.29. The van der Waals surface area contributed by atoms with Crippen molar-refractivity contribution in [3.63, 3.8) is 0 Å². The lowest BCUT2D eigenvalue weighted by molar-refractivity contribution is -0.139. The summed E-state index contributed by atoms with van der Waals surface area (Å²) in [6.07, 6.45) is 2.04. The van der Waals surface area contributed by atoms with Crippen molar-refractivity contribution in [3.8, 4) is 17.2 Å². The topological polar surface area (TPSA) is 79.4 Å². The number of carbonyl (C=O) groups is 1. The molecule has 1 atom stereocenters. The van der Waals surface area contributed by atoms with Crippen molar-refractivity contribution in [2.45, 2.75) is 98.5 Å². The Morgan fingerprint density at radius 3 is 2.02 bits per heavy atom. The van der Waals surface area contributed by atoms with Crippen LogP contribution in [0, 0.1) is 5.39 Å². The molecule has 1 aliphatic heterocycles. The van der Waals surface area contributed by atoms with Gasteiger partial charge in [-0.25, -0.2) is 0 Å². The highest BCUT2D eigenvalue weighted by atomic mass is 16.5. The number of piperazine rings is 1. The average Bonchev–Trinajstić information content (AvgIpc) is 3.00. The fourth-order valence-corrected chi connectivity index (χ4v) is 5.22. The molecule has 2 aromatic rings. The van der Waals surface area contributed by atoms with Crippen LogP contribution in [0.3, 0.4) is 0 Å². The molecule has 8 heteroatoms. The van der Waals surface area contributed by atoms with Crippen molar-refractivity contribution >= 4 is 17.3 Å². The molecule has 0 aliphatic carbocycles. The summed E-state index contributed by atoms with van der Waals surface area (Å²) < 4.78 is 18.1. The normalized spacial score (nSPS) is 14.8. The van der Waals surface area contributed by atoms with Crippen LogP contribution in [-0.4, -0.2) is 56.3 Å². The molecule has 0 N–H and O–H groups in total. The molecular weight excluding hydrogens is 528 g/mol. The molecule has 2 aromatic carbocycles. The molecule has 1 aliphatic rings. The van der Waals surface area contributed by atoms with E-state index in [0.29, 0.717) is 63.0 Å². The Balaban J connectivity index is 1.80. The van der Waals surface area contributed by atoms with Gasteiger partial charge < -0.3 is 24.0 Å². The summed E-state index contributed by atoms with van der Waals surface area (Å²) in [6.45, 7) is 22.6. The first-order valence-corrected chi connectivity index (χ1v) is 15.6. The van der Waals surface area contributed by atoms with Gasteiger partial charge in [-0.1, -0.05) is 60.6 Å². The van der Waals surface area contributed by atoms with Crippen LogP contribution < -0.4 is 19.1 Å². The van der Waals surface area contributed by atoms with Crippen LogP contribution in [0.1, 0.15) is 92.7 Å². The number of nitrogens with zero attached hydrogens (tertiary/aromatic N) is 4. The first kappa shape index (κ1) is 33.0. The van der Waals surface area contributed by atoms with E-state index in [1.807, 2.05) is 31.7 Å². The van der Waals surface area contributed by atoms with Crippen molar-refractivity contribution in [3.05, 3.63) is 46.4 Å². The van der Waals surface area contributed by atoms with E-state index in [0.717, 1.165) is 29.8 Å². The largest absolute Gasteiger partial charge is 0.491 e. The minimum Gasteiger partial charge on any atom is -0.491 e. The van der Waals surface area contributed by atoms with Crippen LogP contribution in [0.15, 0.2) is 30.3 Å². The highest BCUT2D eigenvalue weighted by Crippen LogP contribution is 2.41. The summed E-state index contributed by atoms with van der Waals surface area (Å²) in [5.41, 5.74) is 3.63. The molecule has 0 bridgehead atoms. The van der Waals surface area contributed by atoms with Crippen molar-refractivity contribution in [1.82, 2.24) is 4.90 Å². The second-order valence-corrected chi connectivity index (χ2v) is 12.3. The van der Waals surface area contributed by atoms with Crippen LogP contribution in [0.2, 0.25) is 0 Å². The molecule has 1 amide bonds. The molecule has 0 spiro atoms. The van der Waals surface area contributed by atoms with Crippen molar-refractivity contribution in [2.75, 3.05) is 44.3 Å². The van der Waals surface area contributed by atoms with Gasteiger partial charge in [0, 0.05) is 37.8 Å². The molecule has 1 fully saturated rings. The number of diazo groups is 1. The number of amides is 1. The van der Waals surface area contributed by atoms with Crippen LogP contribution in [0.4, 0.5) is 11.4 Å². The molecule has 8 nitrogen and oxygen atoms in total. The third-order valence-corrected chi connectivity index (χ3v) is 8.85. The highest BCUT2D eigenvalue weighted by Gasteiger charge is 2.33. The summed E-state index contributed by atoms with van der Waals surface area (Å²) in [5, 5.41) is 9.47. The number of carbonyl (C=O) groups excluding carboxylic acids is 1. The van der Waals surface area contributed by atoms with Crippen LogP contribution in [0.5, 0.6) is 17.2 Å². The van der Waals surface area contributed by atoms with Gasteiger partial charge in [-0.05, 0) is 55.6 Å². The number of hydrogen-bond donors (Lipinski definition) is 0. The van der Waals surface area contributed by atoms with E-state index in [9.17, 15) is 10.2 Å². The third-order valence-electron chi connectivity index (χ3n) is 8.85. The minimum absolute atomic E-state index is 0.0184. The monoisotopic (exact) mass is 579 g/mol. The average molecular weight is 580 g/mol. The Kier molecular flexibility index (Phi) is 11.1. The maximum absolute atomic E-state index is 13.8. The van der Waals surface area contributed by atoms with E-state index < -0.39 is 6.10 Å². The summed E-state index contributed by atoms with van der Waals surface area (Å²) in [6, 6.07) is 10.1. The van der Waals surface area contributed by atoms with E-state index in [4.69, 9.17) is 14.2 Å². The molecule has 0 saturated carbocycles. The SMILES string of the molecule is CCOc1cc(N2CCN(C(=O)C(CC)Oc3ccc(C(C)(C)CC)cc3C(C)(C)CC)CC2)c(OCC)cc1[N+]#N. The summed E-state index contributed by atoms with van der Waals surface area (Å²) in [7, 11) is 0. The lowest BCUT2D eigenvalue weighted by Gasteiger charge is -2.38. The molecule has 1 heterocycles. The van der Waals surface area contributed by atoms with E-state index >= 15 is 0 Å². The quantitative estimate of drug-likeness (QED) is 0.225. The Morgan fingerprint density at radius 1 is 0.857 bits per heavy atom. The molecule has 3 rings (SSSR count). The van der Waals surface area contributed by atoms with Gasteiger partial charge in [-0.3, -0.25) is 4.79 Å². The van der Waals surface area contributed by atoms with Crippen LogP contribution >= 0.6 is 0 Å². The number of hydrogen-bond acceptors (Lipinski definition) is 6. The fourth-order valence-electron chi connectivity index (χ4n) is 5.22. The van der Waals surface area contributed by atoms with Gasteiger partial charge in [-0.15, -0.1) is 0 Å². The minimum atomic E-state index is -0.554. The standard InChI is InChI=1S/C34H51N4O4/c1-10-28(42-29-16-15-24(33(6,7)11-2)21-25(29)34(8,9)12-3)32(39)38-19-17-37(18-20-38)27-23-30(40-13-4)26(36-35)22-31(27)41-14-5/h15-16,21-23,28H,10-14,17-20H2,1-9H3/q+1. The Hall–Kier alpha value is -3.47. The Bertz CT molecular complexity index is 1260. The summed E-state index contributed by atoms with van der Waals surface area (Å²) in [4.78, 5) is 21.2. The lowest BCUT2D eigenvalue weighted by Crippen LogP contribution is -2.52. The van der Waals surface area contributed by atoms with Gasteiger partial charge in [0.05, 0.1) is 25.0 Å². The number of rotatable bonds is 13. The highest BCUT2D eigenvalue weighted by molar-refractivity contribution is 5.82. The fraction of sp³-hybridized carbons (Fsp3) is 0.618. The van der Waals surface area contributed by atoms with E-state index in [1.54, 1.807) is 6.07 Å². The lowest BCUT2D eigenvalue weighted by atomic mass is 9.76. The summed E-state index contributed by atoms with van der Waals surface area (Å²) >= 11 is 0. The maximum atomic E-state index is 13.8. The second-order valence-electron chi connectivity index (χ2n) is 12.3. The molecule has 1 unspecified atom stereocenters.